The van der Waals surface area contributed by atoms with Crippen molar-refractivity contribution in [1.29, 1.82) is 0 Å². The van der Waals surface area contributed by atoms with E-state index < -0.39 is 23.3 Å². The Morgan fingerprint density at radius 2 is 1.90 bits per heavy atom. The number of carboxylic acid groups (broad SMARTS) is 1. The third kappa shape index (κ3) is 6.80. The third-order valence-electron chi connectivity index (χ3n) is 4.29. The van der Waals surface area contributed by atoms with Crippen LogP contribution in [0.1, 0.15) is 30.1 Å². The number of nitrogens with zero attached hydrogens (tertiary/aromatic N) is 3. The number of aliphatic carboxylic acids is 1. The molecule has 6 nitrogen and oxygen atoms in total. The monoisotopic (exact) mass is 476 g/mol. The number of halogens is 3. The molecule has 0 aliphatic heterocycles. The van der Waals surface area contributed by atoms with Gasteiger partial charge in [0.15, 0.2) is 0 Å². The van der Waals surface area contributed by atoms with Crippen LogP contribution in [0.15, 0.2) is 36.7 Å². The van der Waals surface area contributed by atoms with Crippen molar-refractivity contribution in [2.75, 3.05) is 5.32 Å². The van der Waals surface area contributed by atoms with E-state index in [9.17, 15) is 23.1 Å². The van der Waals surface area contributed by atoms with Gasteiger partial charge in [0.1, 0.15) is 5.69 Å². The number of aromatic nitrogens is 3. The predicted octanol–water partition coefficient (Wildman–Crippen LogP) is 4.68. The first-order chi connectivity index (χ1) is 13.9. The molecule has 3 aromatic rings. The zero-order valence-corrected chi connectivity index (χ0v) is 17.2. The normalized spacial score (nSPS) is 11.7. The summed E-state index contributed by atoms with van der Waals surface area (Å²) >= 11 is 1.38. The Hall–Kier alpha value is -1.37. The summed E-state index contributed by atoms with van der Waals surface area (Å²) in [4.78, 5) is 23.9. The van der Waals surface area contributed by atoms with Crippen LogP contribution in [-0.4, -0.2) is 77.4 Å². The number of anilines is 2. The number of hydrogen-bond acceptors (Lipinski definition) is 6. The van der Waals surface area contributed by atoms with Crippen LogP contribution in [0.25, 0.3) is 10.4 Å². The van der Waals surface area contributed by atoms with Crippen LogP contribution in [0.4, 0.5) is 24.8 Å². The van der Waals surface area contributed by atoms with Crippen molar-refractivity contribution < 1.29 is 23.1 Å². The van der Waals surface area contributed by atoms with Gasteiger partial charge in [-0.05, 0) is 50.1 Å². The second-order valence-electron chi connectivity index (χ2n) is 7.46. The van der Waals surface area contributed by atoms with Gasteiger partial charge in [0.05, 0.1) is 15.3 Å². The summed E-state index contributed by atoms with van der Waals surface area (Å²) in [5.74, 6) is -1.06. The summed E-state index contributed by atoms with van der Waals surface area (Å²) in [7, 11) is 0. The summed E-state index contributed by atoms with van der Waals surface area (Å²) in [6.07, 6.45) is -1.55. The molecule has 0 radical (unpaired) electrons. The number of aryl methyl sites for hydroxylation is 1. The molecule has 0 aliphatic carbocycles. The van der Waals surface area contributed by atoms with Gasteiger partial charge in [-0.15, -0.1) is 11.3 Å². The van der Waals surface area contributed by atoms with Gasteiger partial charge in [0.2, 0.25) is 5.95 Å². The van der Waals surface area contributed by atoms with Gasteiger partial charge in [0.25, 0.3) is 0 Å². The first-order valence-corrected chi connectivity index (χ1v) is 9.73. The van der Waals surface area contributed by atoms with Crippen LogP contribution in [-0.2, 0) is 17.4 Å². The molecule has 0 fully saturated rings. The minimum atomic E-state index is -4.56. The average Bonchev–Trinajstić information content (AvgIpc) is 3.08. The second kappa shape index (κ2) is 10.0. The van der Waals surface area contributed by atoms with E-state index in [2.05, 4.69) is 20.3 Å². The van der Waals surface area contributed by atoms with Crippen molar-refractivity contribution in [2.45, 2.75) is 33.4 Å². The predicted molar refractivity (Wildman–Crippen MR) is 115 cm³/mol. The Morgan fingerprint density at radius 3 is 2.55 bits per heavy atom. The van der Waals surface area contributed by atoms with Crippen LogP contribution >= 0.6 is 11.3 Å². The van der Waals surface area contributed by atoms with Crippen molar-refractivity contribution >= 4 is 80.3 Å². The van der Waals surface area contributed by atoms with Gasteiger partial charge in [-0.1, -0.05) is 6.07 Å². The number of thiazole rings is 1. The molecule has 0 aliphatic rings. The van der Waals surface area contributed by atoms with E-state index in [0.717, 1.165) is 28.3 Å². The number of carboxylic acids is 1. The van der Waals surface area contributed by atoms with Crippen LogP contribution in [0.3, 0.4) is 0 Å². The minimum absolute atomic E-state index is 0. The van der Waals surface area contributed by atoms with Crippen molar-refractivity contribution in [3.05, 3.63) is 52.9 Å². The maximum absolute atomic E-state index is 12.9. The van der Waals surface area contributed by atoms with Crippen molar-refractivity contribution in [3.63, 3.8) is 0 Å². The van der Waals surface area contributed by atoms with Gasteiger partial charge in [0, 0.05) is 24.5 Å². The molecule has 0 unspecified atom stereocenters. The molecule has 1 aromatic carbocycles. The Bertz CT molecular complexity index is 1090. The Labute approximate surface area is 223 Å². The van der Waals surface area contributed by atoms with E-state index in [0.29, 0.717) is 17.1 Å². The Kier molecular flexibility index (Phi) is 8.39. The van der Waals surface area contributed by atoms with Crippen molar-refractivity contribution in [3.8, 4) is 10.4 Å². The van der Waals surface area contributed by atoms with Crippen LogP contribution in [0.2, 0.25) is 0 Å². The van der Waals surface area contributed by atoms with Gasteiger partial charge >= 0.3 is 63.5 Å². The van der Waals surface area contributed by atoms with Crippen molar-refractivity contribution in [2.24, 2.45) is 5.41 Å². The molecule has 0 saturated heterocycles. The fourth-order valence-corrected chi connectivity index (χ4v) is 3.82. The molecule has 160 valence electrons. The topological polar surface area (TPSA) is 88.0 Å². The van der Waals surface area contributed by atoms with E-state index in [1.165, 1.54) is 11.3 Å². The molecule has 0 amide bonds. The molecule has 0 spiro atoms. The van der Waals surface area contributed by atoms with E-state index >= 15 is 0 Å². The van der Waals surface area contributed by atoms with Gasteiger partial charge in [-0.2, -0.15) is 13.2 Å². The van der Waals surface area contributed by atoms with E-state index in [-0.39, 0.29) is 57.3 Å². The number of alkyl halides is 3. The standard InChI is InChI=1S/C20H19F3N4O2S.K.H/c1-11-6-12(14-10-25-16(30-14)9-19(2,3)17(28)29)8-13(7-11)26-18-24-5-4-15(27-18)20(21,22)23;;/h4-8,10H,9H2,1-3H3,(H,28,29)(H,24,26,27);;. The SMILES string of the molecule is Cc1cc(Nc2nccc(C(F)(F)F)n2)cc(-c2cnc(CC(C)(C)C(=O)O)s2)c1.[KH]. The Morgan fingerprint density at radius 1 is 1.19 bits per heavy atom. The zero-order valence-electron chi connectivity index (χ0n) is 16.4. The average molecular weight is 477 g/mol. The molecule has 2 heterocycles. The van der Waals surface area contributed by atoms with Gasteiger partial charge in [-0.3, -0.25) is 4.79 Å². The Balaban J connectivity index is 0.00000341. The number of hydrogen-bond donors (Lipinski definition) is 2. The molecular weight excluding hydrogens is 456 g/mol. The van der Waals surface area contributed by atoms with Crippen LogP contribution in [0, 0.1) is 12.3 Å². The van der Waals surface area contributed by atoms with Crippen molar-refractivity contribution in [1.82, 2.24) is 15.0 Å². The van der Waals surface area contributed by atoms with Crippen LogP contribution < -0.4 is 5.32 Å². The summed E-state index contributed by atoms with van der Waals surface area (Å²) in [6.45, 7) is 5.14. The molecule has 11 heteroatoms. The van der Waals surface area contributed by atoms with Gasteiger partial charge in [-0.25, -0.2) is 15.0 Å². The molecule has 2 aromatic heterocycles. The fourth-order valence-electron chi connectivity index (χ4n) is 2.68. The molecule has 0 atom stereocenters. The molecule has 2 N–H and O–H groups in total. The summed E-state index contributed by atoms with van der Waals surface area (Å²) in [5, 5.41) is 12.8. The maximum atomic E-state index is 12.9. The van der Waals surface area contributed by atoms with E-state index in [1.807, 2.05) is 13.0 Å². The second-order valence-corrected chi connectivity index (χ2v) is 8.58. The van der Waals surface area contributed by atoms with E-state index in [4.69, 9.17) is 0 Å². The van der Waals surface area contributed by atoms with Crippen LogP contribution in [0.5, 0.6) is 0 Å². The molecular formula is C20H20F3KN4O2S. The summed E-state index contributed by atoms with van der Waals surface area (Å²) < 4.78 is 38.6. The number of nitrogens with one attached hydrogen (secondary N) is 1. The molecule has 0 saturated carbocycles. The first-order valence-electron chi connectivity index (χ1n) is 8.91. The van der Waals surface area contributed by atoms with Gasteiger partial charge < -0.3 is 10.4 Å². The first kappa shape index (κ1) is 25.9. The number of carbonyl (C=O) groups is 1. The fraction of sp³-hybridized carbons (Fsp3) is 0.300. The molecule has 0 bridgehead atoms. The summed E-state index contributed by atoms with van der Waals surface area (Å²) in [5.41, 5.74) is 0.255. The van der Waals surface area contributed by atoms with E-state index in [1.54, 1.807) is 32.2 Å². The number of rotatable bonds is 6. The third-order valence-corrected chi connectivity index (χ3v) is 5.34. The number of benzene rings is 1. The summed E-state index contributed by atoms with van der Waals surface area (Å²) in [6, 6.07) is 6.25. The zero-order chi connectivity index (χ0) is 22.1. The quantitative estimate of drug-likeness (QED) is 0.503. The molecule has 31 heavy (non-hydrogen) atoms. The molecule has 3 rings (SSSR count).